The molecule has 7 nitrogen and oxygen atoms in total. The van der Waals surface area contributed by atoms with Crippen molar-refractivity contribution in [3.63, 3.8) is 0 Å². The normalized spacial score (nSPS) is 11.8. The summed E-state index contributed by atoms with van der Waals surface area (Å²) in [5.41, 5.74) is 1.27. The molecule has 0 aliphatic heterocycles. The average Bonchev–Trinajstić information content (AvgIpc) is 2.96. The summed E-state index contributed by atoms with van der Waals surface area (Å²) in [5.74, 6) is 0.510. The van der Waals surface area contributed by atoms with Crippen LogP contribution in [0.25, 0.3) is 16.8 Å². The number of halogens is 2. The maximum atomic E-state index is 12.4. The van der Waals surface area contributed by atoms with E-state index in [4.69, 9.17) is 0 Å². The third-order valence-corrected chi connectivity index (χ3v) is 3.40. The molecule has 0 saturated carbocycles. The van der Waals surface area contributed by atoms with Crippen LogP contribution in [-0.4, -0.2) is 35.8 Å². The van der Waals surface area contributed by atoms with E-state index >= 15 is 0 Å². The lowest BCUT2D eigenvalue weighted by molar-refractivity contribution is 0.445. The largest absolute Gasteiger partial charge is 0.352 e. The first-order valence-electron chi connectivity index (χ1n) is 6.19. The Morgan fingerprint density at radius 2 is 2.10 bits per heavy atom. The Labute approximate surface area is 121 Å². The molecule has 9 heteroatoms. The molecule has 3 rings (SSSR count). The molecule has 3 aromatic heterocycles. The topological polar surface area (TPSA) is 80.9 Å². The summed E-state index contributed by atoms with van der Waals surface area (Å²) in [5, 5.41) is 4.10. The second-order valence-electron chi connectivity index (χ2n) is 4.45. The van der Waals surface area contributed by atoms with Crippen molar-refractivity contribution in [2.24, 2.45) is 0 Å². The molecular formula is C11H12BrFN6O. The molecule has 20 heavy (non-hydrogen) atoms. The zero-order valence-electron chi connectivity index (χ0n) is 10.7. The fourth-order valence-corrected chi connectivity index (χ4v) is 2.53. The van der Waals surface area contributed by atoms with E-state index in [1.807, 2.05) is 0 Å². The molecule has 0 fully saturated rings. The number of hydrogen-bond donors (Lipinski definition) is 1. The van der Waals surface area contributed by atoms with Crippen LogP contribution in [0.15, 0.2) is 9.53 Å². The second-order valence-corrected chi connectivity index (χ2v) is 5.20. The first kappa shape index (κ1) is 13.2. The minimum absolute atomic E-state index is 0.314. The Balaban J connectivity index is 2.29. The van der Waals surface area contributed by atoms with Gasteiger partial charge in [-0.2, -0.15) is 4.52 Å². The van der Waals surface area contributed by atoms with E-state index in [2.05, 4.69) is 36.0 Å². The number of alkyl halides is 1. The summed E-state index contributed by atoms with van der Waals surface area (Å²) < 4.78 is 15.5. The number of rotatable bonds is 4. The zero-order valence-corrected chi connectivity index (χ0v) is 12.3. The number of hydrogen-bond acceptors (Lipinski definition) is 4. The smallest absolute Gasteiger partial charge is 0.328 e. The van der Waals surface area contributed by atoms with Crippen LogP contribution < -0.4 is 5.69 Å². The highest BCUT2D eigenvalue weighted by atomic mass is 79.9. The van der Waals surface area contributed by atoms with Gasteiger partial charge in [0.25, 0.3) is 0 Å². The highest BCUT2D eigenvalue weighted by Crippen LogP contribution is 2.17. The third-order valence-electron chi connectivity index (χ3n) is 3.03. The molecule has 3 aromatic rings. The summed E-state index contributed by atoms with van der Waals surface area (Å²) in [7, 11) is 0. The second kappa shape index (κ2) is 4.97. The van der Waals surface area contributed by atoms with Gasteiger partial charge in [-0.3, -0.25) is 8.96 Å². The van der Waals surface area contributed by atoms with Crippen molar-refractivity contribution in [2.45, 2.75) is 26.3 Å². The minimum Gasteiger partial charge on any atom is -0.328 e. The monoisotopic (exact) mass is 342 g/mol. The van der Waals surface area contributed by atoms with Crippen molar-refractivity contribution in [1.82, 2.24) is 29.1 Å². The molecule has 3 heterocycles. The number of nitrogens with one attached hydrogen (secondary N) is 1. The van der Waals surface area contributed by atoms with E-state index in [1.54, 1.807) is 6.92 Å². The lowest BCUT2D eigenvalue weighted by atomic mass is 10.3. The van der Waals surface area contributed by atoms with Crippen molar-refractivity contribution < 1.29 is 4.39 Å². The molecule has 0 aliphatic carbocycles. The minimum atomic E-state index is -0.396. The van der Waals surface area contributed by atoms with Crippen LogP contribution in [0.3, 0.4) is 0 Å². The van der Waals surface area contributed by atoms with Gasteiger partial charge in [-0.15, -0.1) is 5.10 Å². The van der Waals surface area contributed by atoms with Gasteiger partial charge in [0.15, 0.2) is 16.0 Å². The van der Waals surface area contributed by atoms with Gasteiger partial charge in [0.05, 0.1) is 6.67 Å². The summed E-state index contributed by atoms with van der Waals surface area (Å²) in [6.07, 6.45) is 0.975. The highest BCUT2D eigenvalue weighted by molar-refractivity contribution is 9.10. The maximum Gasteiger partial charge on any atom is 0.352 e. The molecule has 0 amide bonds. The van der Waals surface area contributed by atoms with E-state index in [0.29, 0.717) is 46.8 Å². The highest BCUT2D eigenvalue weighted by Gasteiger charge is 2.16. The van der Waals surface area contributed by atoms with Crippen LogP contribution in [-0.2, 0) is 6.54 Å². The lowest BCUT2D eigenvalue weighted by Gasteiger charge is -2.06. The first-order valence-corrected chi connectivity index (χ1v) is 6.98. The molecule has 0 saturated heterocycles. The molecule has 0 aromatic carbocycles. The SMILES string of the molecule is Cc1nc2c3[nH]c(Br)nc3n(CCCCF)c(=O)n2n1. The van der Waals surface area contributed by atoms with E-state index in [1.165, 1.54) is 9.08 Å². The molecule has 0 atom stereocenters. The molecule has 0 bridgehead atoms. The fraction of sp³-hybridized carbons (Fsp3) is 0.455. The first-order chi connectivity index (χ1) is 9.61. The summed E-state index contributed by atoms with van der Waals surface area (Å²) in [4.78, 5) is 23.9. The Kier molecular flexibility index (Phi) is 3.28. The molecular weight excluding hydrogens is 331 g/mol. The van der Waals surface area contributed by atoms with Gasteiger partial charge in [-0.25, -0.2) is 14.8 Å². The predicted molar refractivity (Wildman–Crippen MR) is 74.5 cm³/mol. The van der Waals surface area contributed by atoms with Gasteiger partial charge in [0.2, 0.25) is 0 Å². The van der Waals surface area contributed by atoms with Crippen LogP contribution in [0.2, 0.25) is 0 Å². The number of H-pyrrole nitrogens is 1. The predicted octanol–water partition coefficient (Wildman–Crippen LogP) is 1.59. The molecule has 1 N–H and O–H groups in total. The fourth-order valence-electron chi connectivity index (χ4n) is 2.17. The van der Waals surface area contributed by atoms with Gasteiger partial charge in [-0.1, -0.05) is 0 Å². The molecule has 0 radical (unpaired) electrons. The zero-order chi connectivity index (χ0) is 14.3. The van der Waals surface area contributed by atoms with Crippen molar-refractivity contribution >= 4 is 32.7 Å². The van der Waals surface area contributed by atoms with Crippen molar-refractivity contribution in [3.05, 3.63) is 21.0 Å². The lowest BCUT2D eigenvalue weighted by Crippen LogP contribution is -2.28. The van der Waals surface area contributed by atoms with E-state index in [-0.39, 0.29) is 5.69 Å². The Bertz CT molecular complexity index is 835. The Morgan fingerprint density at radius 3 is 2.85 bits per heavy atom. The van der Waals surface area contributed by atoms with Gasteiger partial charge in [0.1, 0.15) is 11.3 Å². The molecule has 0 spiro atoms. The van der Waals surface area contributed by atoms with Crippen molar-refractivity contribution in [3.8, 4) is 0 Å². The number of aromatic amines is 1. The van der Waals surface area contributed by atoms with Crippen LogP contribution >= 0.6 is 15.9 Å². The van der Waals surface area contributed by atoms with Crippen LogP contribution in [0.4, 0.5) is 4.39 Å². The standard InChI is InChI=1S/C11H12BrFN6O/c1-6-14-9-7-8(16-10(12)15-7)18(5-3-2-4-13)11(20)19(9)17-6/h2-5H2,1H3,(H,15,16). The van der Waals surface area contributed by atoms with Crippen molar-refractivity contribution in [1.29, 1.82) is 0 Å². The molecule has 0 unspecified atom stereocenters. The van der Waals surface area contributed by atoms with Crippen molar-refractivity contribution in [2.75, 3.05) is 6.67 Å². The number of aryl methyl sites for hydroxylation is 2. The number of fused-ring (bicyclic) bond motifs is 3. The van der Waals surface area contributed by atoms with Gasteiger partial charge in [-0.05, 0) is 35.7 Å². The maximum absolute atomic E-state index is 12.4. The van der Waals surface area contributed by atoms with Gasteiger partial charge >= 0.3 is 5.69 Å². The van der Waals surface area contributed by atoms with E-state index < -0.39 is 6.67 Å². The third kappa shape index (κ3) is 2.01. The summed E-state index contributed by atoms with van der Waals surface area (Å²) >= 11 is 3.26. The Hall–Kier alpha value is -1.77. The van der Waals surface area contributed by atoms with E-state index in [9.17, 15) is 9.18 Å². The van der Waals surface area contributed by atoms with Crippen LogP contribution in [0, 0.1) is 6.92 Å². The van der Waals surface area contributed by atoms with Crippen LogP contribution in [0.1, 0.15) is 18.7 Å². The Morgan fingerprint density at radius 1 is 1.30 bits per heavy atom. The van der Waals surface area contributed by atoms with Gasteiger partial charge < -0.3 is 4.98 Å². The molecule has 106 valence electrons. The molecule has 0 aliphatic rings. The average molecular weight is 343 g/mol. The van der Waals surface area contributed by atoms with Gasteiger partial charge in [0, 0.05) is 6.54 Å². The number of imidazole rings is 1. The summed E-state index contributed by atoms with van der Waals surface area (Å²) in [6.45, 7) is 1.72. The quantitative estimate of drug-likeness (QED) is 0.576. The number of aromatic nitrogens is 6. The van der Waals surface area contributed by atoms with Crippen LogP contribution in [0.5, 0.6) is 0 Å². The summed E-state index contributed by atoms with van der Waals surface area (Å²) in [6, 6.07) is 0. The number of nitrogens with zero attached hydrogens (tertiary/aromatic N) is 5. The van der Waals surface area contributed by atoms with E-state index in [0.717, 1.165) is 0 Å². The number of unbranched alkanes of at least 4 members (excludes halogenated alkanes) is 1.